The maximum Gasteiger partial charge on any atom is 0.412 e. The number of amides is 1. The van der Waals surface area contributed by atoms with Crippen LogP contribution >= 0.6 is 0 Å². The Bertz CT molecular complexity index is 881. The topological polar surface area (TPSA) is 85.4 Å². The standard InChI is InChI=1S/C18H18N4O3/c1-24-16-7-6-12(11-21-16)10-20-15-5-3-4-14-13(15)8-9-19-17(14)22-18(23)25-2/h3-9,11,20H,10H2,1-2H3,(H,19,22,23). The third-order valence-electron chi connectivity index (χ3n) is 3.70. The number of pyridine rings is 2. The zero-order valence-corrected chi connectivity index (χ0v) is 13.9. The van der Waals surface area contributed by atoms with E-state index >= 15 is 0 Å². The van der Waals surface area contributed by atoms with Gasteiger partial charge in [-0.2, -0.15) is 0 Å². The smallest absolute Gasteiger partial charge is 0.412 e. The molecule has 3 aromatic rings. The molecule has 0 aliphatic rings. The van der Waals surface area contributed by atoms with E-state index in [1.54, 1.807) is 19.5 Å². The fourth-order valence-corrected chi connectivity index (χ4v) is 2.44. The van der Waals surface area contributed by atoms with Gasteiger partial charge in [-0.05, 0) is 17.7 Å². The molecule has 1 aromatic carbocycles. The Morgan fingerprint density at radius 3 is 2.68 bits per heavy atom. The average molecular weight is 338 g/mol. The molecule has 0 aliphatic heterocycles. The number of hydrogen-bond donors (Lipinski definition) is 2. The molecule has 0 atom stereocenters. The first-order valence-electron chi connectivity index (χ1n) is 7.66. The number of nitrogens with zero attached hydrogens (tertiary/aromatic N) is 2. The molecule has 1 amide bonds. The first-order chi connectivity index (χ1) is 12.2. The molecule has 7 nitrogen and oxygen atoms in total. The molecule has 0 bridgehead atoms. The lowest BCUT2D eigenvalue weighted by atomic mass is 10.1. The maximum atomic E-state index is 11.5. The van der Waals surface area contributed by atoms with Crippen molar-refractivity contribution in [3.8, 4) is 5.88 Å². The van der Waals surface area contributed by atoms with Crippen LogP contribution in [0.4, 0.5) is 16.3 Å². The quantitative estimate of drug-likeness (QED) is 0.741. The second-order valence-electron chi connectivity index (χ2n) is 5.24. The van der Waals surface area contributed by atoms with Gasteiger partial charge in [-0.1, -0.05) is 18.2 Å². The Hall–Kier alpha value is -3.35. The third-order valence-corrected chi connectivity index (χ3v) is 3.70. The van der Waals surface area contributed by atoms with Crippen LogP contribution in [-0.4, -0.2) is 30.3 Å². The monoisotopic (exact) mass is 338 g/mol. The Balaban J connectivity index is 1.83. The lowest BCUT2D eigenvalue weighted by Crippen LogP contribution is -2.12. The number of hydrogen-bond acceptors (Lipinski definition) is 6. The third kappa shape index (κ3) is 3.77. The van der Waals surface area contributed by atoms with Crippen molar-refractivity contribution in [2.75, 3.05) is 24.9 Å². The lowest BCUT2D eigenvalue weighted by Gasteiger charge is -2.12. The fourth-order valence-electron chi connectivity index (χ4n) is 2.44. The normalized spacial score (nSPS) is 10.3. The summed E-state index contributed by atoms with van der Waals surface area (Å²) in [5.74, 6) is 1.04. The molecule has 2 aromatic heterocycles. The summed E-state index contributed by atoms with van der Waals surface area (Å²) in [6.07, 6.45) is 2.86. The van der Waals surface area contributed by atoms with Crippen LogP contribution in [-0.2, 0) is 11.3 Å². The van der Waals surface area contributed by atoms with Crippen LogP contribution in [0, 0.1) is 0 Å². The molecule has 0 spiro atoms. The summed E-state index contributed by atoms with van der Waals surface area (Å²) in [6.45, 7) is 0.609. The van der Waals surface area contributed by atoms with Crippen molar-refractivity contribution >= 4 is 28.4 Å². The molecule has 2 N–H and O–H groups in total. The molecule has 0 radical (unpaired) electrons. The van der Waals surface area contributed by atoms with E-state index in [2.05, 4.69) is 25.3 Å². The molecule has 0 aliphatic carbocycles. The molecule has 2 heterocycles. The number of benzene rings is 1. The van der Waals surface area contributed by atoms with Gasteiger partial charge in [0, 0.05) is 41.5 Å². The fraction of sp³-hybridized carbons (Fsp3) is 0.167. The maximum absolute atomic E-state index is 11.5. The summed E-state index contributed by atoms with van der Waals surface area (Å²) in [6, 6.07) is 11.4. The van der Waals surface area contributed by atoms with Gasteiger partial charge >= 0.3 is 6.09 Å². The van der Waals surface area contributed by atoms with Crippen LogP contribution in [0.2, 0.25) is 0 Å². The molecule has 128 valence electrons. The van der Waals surface area contributed by atoms with Crippen molar-refractivity contribution in [1.29, 1.82) is 0 Å². The van der Waals surface area contributed by atoms with Crippen molar-refractivity contribution in [1.82, 2.24) is 9.97 Å². The number of anilines is 2. The van der Waals surface area contributed by atoms with Gasteiger partial charge in [0.2, 0.25) is 5.88 Å². The largest absolute Gasteiger partial charge is 0.481 e. The van der Waals surface area contributed by atoms with Crippen molar-refractivity contribution in [2.24, 2.45) is 0 Å². The lowest BCUT2D eigenvalue weighted by molar-refractivity contribution is 0.187. The van der Waals surface area contributed by atoms with E-state index in [0.29, 0.717) is 18.2 Å². The summed E-state index contributed by atoms with van der Waals surface area (Å²) >= 11 is 0. The van der Waals surface area contributed by atoms with E-state index in [1.165, 1.54) is 7.11 Å². The number of carbonyl (C=O) groups excluding carboxylic acids is 1. The minimum atomic E-state index is -0.553. The van der Waals surface area contributed by atoms with Gasteiger partial charge in [0.05, 0.1) is 14.2 Å². The number of carbonyl (C=O) groups is 1. The average Bonchev–Trinajstić information content (AvgIpc) is 2.67. The molecule has 0 unspecified atom stereocenters. The van der Waals surface area contributed by atoms with Crippen molar-refractivity contribution < 1.29 is 14.3 Å². The molecule has 3 rings (SSSR count). The van der Waals surface area contributed by atoms with Gasteiger partial charge in [0.25, 0.3) is 0 Å². The van der Waals surface area contributed by atoms with Crippen LogP contribution in [0.3, 0.4) is 0 Å². The molecule has 25 heavy (non-hydrogen) atoms. The van der Waals surface area contributed by atoms with Crippen LogP contribution in [0.25, 0.3) is 10.8 Å². The summed E-state index contributed by atoms with van der Waals surface area (Å²) in [4.78, 5) is 19.9. The first-order valence-corrected chi connectivity index (χ1v) is 7.66. The van der Waals surface area contributed by atoms with Crippen LogP contribution in [0.5, 0.6) is 5.88 Å². The molecule has 0 saturated heterocycles. The number of fused-ring (bicyclic) bond motifs is 1. The minimum Gasteiger partial charge on any atom is -0.481 e. The van der Waals surface area contributed by atoms with Gasteiger partial charge in [-0.15, -0.1) is 0 Å². The molecule has 0 saturated carbocycles. The Kier molecular flexibility index (Phi) is 4.94. The van der Waals surface area contributed by atoms with E-state index < -0.39 is 6.09 Å². The number of rotatable bonds is 5. The predicted molar refractivity (Wildman–Crippen MR) is 95.9 cm³/mol. The van der Waals surface area contributed by atoms with Crippen LogP contribution < -0.4 is 15.4 Å². The summed E-state index contributed by atoms with van der Waals surface area (Å²) in [7, 11) is 2.90. The zero-order chi connectivity index (χ0) is 17.6. The number of ether oxygens (including phenoxy) is 2. The van der Waals surface area contributed by atoms with Crippen molar-refractivity contribution in [3.63, 3.8) is 0 Å². The Morgan fingerprint density at radius 2 is 1.96 bits per heavy atom. The predicted octanol–water partition coefficient (Wildman–Crippen LogP) is 3.43. The van der Waals surface area contributed by atoms with Gasteiger partial charge in [-0.25, -0.2) is 14.8 Å². The van der Waals surface area contributed by atoms with Gasteiger partial charge in [0.1, 0.15) is 5.82 Å². The van der Waals surface area contributed by atoms with E-state index in [9.17, 15) is 4.79 Å². The number of aromatic nitrogens is 2. The van der Waals surface area contributed by atoms with Gasteiger partial charge in [0.15, 0.2) is 0 Å². The highest BCUT2D eigenvalue weighted by Crippen LogP contribution is 2.28. The second kappa shape index (κ2) is 7.48. The van der Waals surface area contributed by atoms with Crippen LogP contribution in [0.15, 0.2) is 48.8 Å². The highest BCUT2D eigenvalue weighted by atomic mass is 16.5. The Labute approximate surface area is 145 Å². The summed E-state index contributed by atoms with van der Waals surface area (Å²) < 4.78 is 9.70. The highest BCUT2D eigenvalue weighted by molar-refractivity contribution is 6.03. The molecule has 7 heteroatoms. The Morgan fingerprint density at radius 1 is 1.08 bits per heavy atom. The van der Waals surface area contributed by atoms with E-state index in [-0.39, 0.29) is 0 Å². The molecular weight excluding hydrogens is 320 g/mol. The molecular formula is C18H18N4O3. The minimum absolute atomic E-state index is 0.458. The van der Waals surface area contributed by atoms with Gasteiger partial charge < -0.3 is 14.8 Å². The summed E-state index contributed by atoms with van der Waals surface area (Å²) in [5.41, 5.74) is 1.96. The molecule has 0 fully saturated rings. The van der Waals surface area contributed by atoms with Gasteiger partial charge in [-0.3, -0.25) is 5.32 Å². The van der Waals surface area contributed by atoms with E-state index in [4.69, 9.17) is 4.74 Å². The number of methoxy groups -OCH3 is 2. The number of nitrogens with one attached hydrogen (secondary N) is 2. The van der Waals surface area contributed by atoms with Crippen molar-refractivity contribution in [2.45, 2.75) is 6.54 Å². The van der Waals surface area contributed by atoms with Crippen molar-refractivity contribution in [3.05, 3.63) is 54.4 Å². The SMILES string of the molecule is COC(=O)Nc1nccc2c(NCc3ccc(OC)nc3)cccc12. The van der Waals surface area contributed by atoms with Crippen LogP contribution in [0.1, 0.15) is 5.56 Å². The zero-order valence-electron chi connectivity index (χ0n) is 13.9. The van der Waals surface area contributed by atoms with E-state index in [0.717, 1.165) is 22.0 Å². The first kappa shape index (κ1) is 16.5. The highest BCUT2D eigenvalue weighted by Gasteiger charge is 2.09. The second-order valence-corrected chi connectivity index (χ2v) is 5.24. The summed E-state index contributed by atoms with van der Waals surface area (Å²) in [5, 5.41) is 7.78. The van der Waals surface area contributed by atoms with E-state index in [1.807, 2.05) is 36.4 Å².